The Morgan fingerprint density at radius 3 is 2.71 bits per heavy atom. The molecule has 11 heteroatoms. The van der Waals surface area contributed by atoms with E-state index in [1.54, 1.807) is 0 Å². The zero-order chi connectivity index (χ0) is 24.2. The summed E-state index contributed by atoms with van der Waals surface area (Å²) >= 11 is 12.4. The number of nitrogens with one attached hydrogen (secondary N) is 1. The normalized spacial score (nSPS) is 15.3. The van der Waals surface area contributed by atoms with Crippen molar-refractivity contribution in [3.63, 3.8) is 0 Å². The molecule has 3 aromatic heterocycles. The van der Waals surface area contributed by atoms with Crippen LogP contribution in [0.15, 0.2) is 41.5 Å². The average Bonchev–Trinajstić information content (AvgIpc) is 2.78. The van der Waals surface area contributed by atoms with Crippen molar-refractivity contribution in [1.29, 1.82) is 0 Å². The summed E-state index contributed by atoms with van der Waals surface area (Å²) in [5, 5.41) is 3.85. The van der Waals surface area contributed by atoms with Gasteiger partial charge in [-0.05, 0) is 56.6 Å². The molecule has 0 aliphatic carbocycles. The maximum atomic E-state index is 12.8. The molecular formula is C23H22Cl2N8O. The first-order chi connectivity index (χ1) is 16.2. The average molecular weight is 497 g/mol. The van der Waals surface area contributed by atoms with Crippen molar-refractivity contribution in [3.8, 4) is 5.69 Å². The molecule has 0 amide bonds. The number of anilines is 3. The molecule has 0 radical (unpaired) electrons. The molecule has 0 atom stereocenters. The van der Waals surface area contributed by atoms with E-state index >= 15 is 0 Å². The lowest BCUT2D eigenvalue weighted by Gasteiger charge is -2.41. The number of aromatic nitrogens is 5. The number of hydrogen-bond acceptors (Lipinski definition) is 8. The first-order valence-corrected chi connectivity index (χ1v) is 11.4. The largest absolute Gasteiger partial charge is 0.384 e. The van der Waals surface area contributed by atoms with Crippen LogP contribution in [-0.4, -0.2) is 43.0 Å². The zero-order valence-electron chi connectivity index (χ0n) is 18.8. The van der Waals surface area contributed by atoms with Crippen molar-refractivity contribution in [3.05, 3.63) is 68.4 Å². The minimum absolute atomic E-state index is 0.0310. The van der Waals surface area contributed by atoms with Crippen molar-refractivity contribution in [2.75, 3.05) is 24.6 Å². The predicted octanol–water partition coefficient (Wildman–Crippen LogP) is 3.93. The number of pyridine rings is 1. The lowest BCUT2D eigenvalue weighted by Crippen LogP contribution is -2.43. The van der Waals surface area contributed by atoms with Gasteiger partial charge in [-0.3, -0.25) is 4.90 Å². The van der Waals surface area contributed by atoms with Crippen LogP contribution in [0.1, 0.15) is 25.0 Å². The van der Waals surface area contributed by atoms with E-state index in [-0.39, 0.29) is 32.9 Å². The number of hydrogen-bond donors (Lipinski definition) is 2. The van der Waals surface area contributed by atoms with Gasteiger partial charge in [0, 0.05) is 30.2 Å². The number of likely N-dealkylation sites (N-methyl/N-ethyl adjacent to an activating group) is 1. The molecule has 3 N–H and O–H groups in total. The minimum Gasteiger partial charge on any atom is -0.384 e. The van der Waals surface area contributed by atoms with E-state index in [1.807, 2.05) is 6.07 Å². The van der Waals surface area contributed by atoms with Gasteiger partial charge in [-0.25, -0.2) is 19.3 Å². The molecule has 0 unspecified atom stereocenters. The van der Waals surface area contributed by atoms with E-state index in [2.05, 4.69) is 63.2 Å². The van der Waals surface area contributed by atoms with Gasteiger partial charge in [-0.15, -0.1) is 0 Å². The number of fused-ring (bicyclic) bond motifs is 2. The summed E-state index contributed by atoms with van der Waals surface area (Å²) in [6.45, 7) is 5.43. The molecule has 4 heterocycles. The predicted molar refractivity (Wildman–Crippen MR) is 134 cm³/mol. The number of nitrogens with two attached hydrogens (primary N) is 1. The van der Waals surface area contributed by atoms with Crippen LogP contribution in [0.4, 0.5) is 17.5 Å². The lowest BCUT2D eigenvalue weighted by atomic mass is 9.83. The van der Waals surface area contributed by atoms with Crippen molar-refractivity contribution < 1.29 is 0 Å². The quantitative estimate of drug-likeness (QED) is 0.410. The highest BCUT2D eigenvalue weighted by Gasteiger charge is 2.31. The van der Waals surface area contributed by atoms with E-state index < -0.39 is 5.69 Å². The molecule has 0 fully saturated rings. The Kier molecular flexibility index (Phi) is 5.43. The number of nitrogen functional groups attached to an aromatic ring is 1. The molecule has 0 bridgehead atoms. The van der Waals surface area contributed by atoms with Gasteiger partial charge in [0.1, 0.15) is 11.5 Å². The first-order valence-electron chi connectivity index (χ1n) is 10.6. The van der Waals surface area contributed by atoms with E-state index in [4.69, 9.17) is 28.9 Å². The number of benzene rings is 1. The molecule has 174 valence electrons. The monoisotopic (exact) mass is 496 g/mol. The highest BCUT2D eigenvalue weighted by atomic mass is 35.5. The van der Waals surface area contributed by atoms with Gasteiger partial charge in [0.25, 0.3) is 0 Å². The Morgan fingerprint density at radius 2 is 1.94 bits per heavy atom. The van der Waals surface area contributed by atoms with Gasteiger partial charge in [0.05, 0.1) is 10.4 Å². The maximum absolute atomic E-state index is 12.8. The Labute approximate surface area is 205 Å². The minimum atomic E-state index is -0.674. The summed E-state index contributed by atoms with van der Waals surface area (Å²) in [7, 11) is 2.14. The fourth-order valence-corrected chi connectivity index (χ4v) is 4.78. The molecule has 34 heavy (non-hydrogen) atoms. The third-order valence-electron chi connectivity index (χ3n) is 6.42. The number of rotatable bonds is 3. The SMILES string of the molecule is CN1CCc2cc(Nc3ncc4c(N)n(-c5c(Cl)ccnc5Cl)c(=O)nc4n3)ccc2C1(C)C. The van der Waals surface area contributed by atoms with Crippen LogP contribution in [0.25, 0.3) is 16.7 Å². The molecule has 1 aliphatic heterocycles. The van der Waals surface area contributed by atoms with E-state index in [0.29, 0.717) is 11.3 Å². The van der Waals surface area contributed by atoms with E-state index in [1.165, 1.54) is 29.6 Å². The second kappa shape index (κ2) is 8.19. The standard InChI is InChI=1S/C23H22Cl2N8O/c1-23(2)15-5-4-13(10-12(15)7-9-32(23)3)29-21-28-11-14-19(26)33(22(34)31-20(14)30-21)17-16(24)6-8-27-18(17)25/h4-6,8,10-11H,7,9,26H2,1-3H3,(H,29,30,31,34). The number of halogens is 2. The smallest absolute Gasteiger partial charge is 0.356 e. The summed E-state index contributed by atoms with van der Waals surface area (Å²) < 4.78 is 1.11. The van der Waals surface area contributed by atoms with Crippen LogP contribution >= 0.6 is 23.2 Å². The zero-order valence-corrected chi connectivity index (χ0v) is 20.3. The van der Waals surface area contributed by atoms with Gasteiger partial charge in [-0.2, -0.15) is 9.97 Å². The van der Waals surface area contributed by atoms with Crippen LogP contribution in [0.3, 0.4) is 0 Å². The topological polar surface area (TPSA) is 115 Å². The molecule has 1 aliphatic rings. The molecular weight excluding hydrogens is 475 g/mol. The highest BCUT2D eigenvalue weighted by molar-refractivity contribution is 6.37. The van der Waals surface area contributed by atoms with Crippen LogP contribution in [0.2, 0.25) is 10.2 Å². The van der Waals surface area contributed by atoms with Crippen molar-refractivity contribution in [2.45, 2.75) is 25.8 Å². The Morgan fingerprint density at radius 1 is 1.15 bits per heavy atom. The summed E-state index contributed by atoms with van der Waals surface area (Å²) in [6, 6.07) is 7.76. The highest BCUT2D eigenvalue weighted by Crippen LogP contribution is 2.35. The van der Waals surface area contributed by atoms with E-state index in [9.17, 15) is 4.79 Å². The molecule has 5 rings (SSSR count). The maximum Gasteiger partial charge on any atom is 0.356 e. The molecule has 0 spiro atoms. The Bertz CT molecular complexity index is 1480. The lowest BCUT2D eigenvalue weighted by molar-refractivity contribution is 0.143. The van der Waals surface area contributed by atoms with Crippen molar-refractivity contribution in [1.82, 2.24) is 29.4 Å². The van der Waals surface area contributed by atoms with Crippen LogP contribution < -0.4 is 16.7 Å². The second-order valence-corrected chi connectivity index (χ2v) is 9.47. The Hall–Kier alpha value is -3.27. The summed E-state index contributed by atoms with van der Waals surface area (Å²) in [6.07, 6.45) is 3.91. The van der Waals surface area contributed by atoms with Gasteiger partial charge in [-0.1, -0.05) is 29.3 Å². The van der Waals surface area contributed by atoms with Crippen molar-refractivity contribution in [2.24, 2.45) is 0 Å². The molecule has 4 aromatic rings. The van der Waals surface area contributed by atoms with Gasteiger partial charge in [0.2, 0.25) is 5.95 Å². The summed E-state index contributed by atoms with van der Waals surface area (Å²) in [5.74, 6) is 0.375. The third kappa shape index (κ3) is 3.66. The molecule has 0 saturated carbocycles. The summed E-state index contributed by atoms with van der Waals surface area (Å²) in [5.41, 5.74) is 9.33. The van der Waals surface area contributed by atoms with Gasteiger partial charge in [0.15, 0.2) is 10.8 Å². The Balaban J connectivity index is 1.52. The van der Waals surface area contributed by atoms with E-state index in [0.717, 1.165) is 23.2 Å². The van der Waals surface area contributed by atoms with Gasteiger partial charge < -0.3 is 11.1 Å². The fourth-order valence-electron chi connectivity index (χ4n) is 4.26. The second-order valence-electron chi connectivity index (χ2n) is 8.71. The molecule has 1 aromatic carbocycles. The molecule has 0 saturated heterocycles. The van der Waals surface area contributed by atoms with Crippen LogP contribution in [0, 0.1) is 0 Å². The van der Waals surface area contributed by atoms with Gasteiger partial charge >= 0.3 is 5.69 Å². The first kappa shape index (κ1) is 22.5. The number of nitrogens with zero attached hydrogens (tertiary/aromatic N) is 6. The van der Waals surface area contributed by atoms with Crippen LogP contribution in [-0.2, 0) is 12.0 Å². The summed E-state index contributed by atoms with van der Waals surface area (Å²) in [4.78, 5) is 32.0. The fraction of sp³-hybridized carbons (Fsp3) is 0.261. The van der Waals surface area contributed by atoms with Crippen molar-refractivity contribution >= 4 is 51.7 Å². The third-order valence-corrected chi connectivity index (χ3v) is 7.01. The van der Waals surface area contributed by atoms with Crippen LogP contribution in [0.5, 0.6) is 0 Å². The molecule has 9 nitrogen and oxygen atoms in total.